The Morgan fingerprint density at radius 1 is 1.33 bits per heavy atom. The standard InChI is InChI=1S/C17H14ClFN4O/c18-10-3-5-13(20-9-10)17(24)23-7-1-2-15(23)16-21-12-6-4-11(19)8-14(12)22-16/h3-6,8-9,15H,1-2,7H2,(H,21,22)/t15-/m1/s1. The van der Waals surface area contributed by atoms with Gasteiger partial charge in [0.25, 0.3) is 5.91 Å². The summed E-state index contributed by atoms with van der Waals surface area (Å²) in [6.45, 7) is 0.638. The minimum absolute atomic E-state index is 0.152. The predicted molar refractivity (Wildman–Crippen MR) is 88.3 cm³/mol. The number of carbonyl (C=O) groups is 1. The molecule has 1 atom stereocenters. The van der Waals surface area contributed by atoms with E-state index in [-0.39, 0.29) is 17.8 Å². The summed E-state index contributed by atoms with van der Waals surface area (Å²) in [6, 6.07) is 7.53. The minimum atomic E-state index is -0.317. The number of likely N-dealkylation sites (tertiary alicyclic amines) is 1. The molecule has 1 fully saturated rings. The summed E-state index contributed by atoms with van der Waals surface area (Å²) in [7, 11) is 0. The SMILES string of the molecule is O=C(c1ccc(Cl)cn1)N1CCC[C@@H]1c1nc2ccc(F)cc2[nH]1. The Morgan fingerprint density at radius 3 is 3.00 bits per heavy atom. The first-order chi connectivity index (χ1) is 11.6. The summed E-state index contributed by atoms with van der Waals surface area (Å²) < 4.78 is 13.4. The Morgan fingerprint density at radius 2 is 2.21 bits per heavy atom. The first-order valence-corrected chi connectivity index (χ1v) is 8.07. The highest BCUT2D eigenvalue weighted by molar-refractivity contribution is 6.30. The van der Waals surface area contributed by atoms with Gasteiger partial charge in [-0.25, -0.2) is 14.4 Å². The average Bonchev–Trinajstić information content (AvgIpc) is 3.20. The van der Waals surface area contributed by atoms with Crippen molar-refractivity contribution in [3.8, 4) is 0 Å². The molecule has 2 aromatic heterocycles. The van der Waals surface area contributed by atoms with Crippen molar-refractivity contribution in [1.82, 2.24) is 19.9 Å². The van der Waals surface area contributed by atoms with Crippen molar-refractivity contribution in [1.29, 1.82) is 0 Å². The van der Waals surface area contributed by atoms with Gasteiger partial charge in [0.05, 0.1) is 22.1 Å². The second-order valence-electron chi connectivity index (χ2n) is 5.80. The summed E-state index contributed by atoms with van der Waals surface area (Å²) in [5.74, 6) is 0.207. The Kier molecular flexibility index (Phi) is 3.69. The summed E-state index contributed by atoms with van der Waals surface area (Å²) in [5.41, 5.74) is 1.68. The Hall–Kier alpha value is -2.47. The number of aromatic nitrogens is 3. The predicted octanol–water partition coefficient (Wildman–Crippen LogP) is 3.73. The van der Waals surface area contributed by atoms with Gasteiger partial charge in [-0.05, 0) is 43.2 Å². The maximum atomic E-state index is 13.4. The number of fused-ring (bicyclic) bond motifs is 1. The Bertz CT molecular complexity index is 909. The van der Waals surface area contributed by atoms with Crippen LogP contribution in [0.5, 0.6) is 0 Å². The van der Waals surface area contributed by atoms with Crippen molar-refractivity contribution >= 4 is 28.5 Å². The fraction of sp³-hybridized carbons (Fsp3) is 0.235. The molecule has 1 aliphatic rings. The quantitative estimate of drug-likeness (QED) is 0.770. The third-order valence-corrected chi connectivity index (χ3v) is 4.46. The van der Waals surface area contributed by atoms with Crippen LogP contribution in [-0.2, 0) is 0 Å². The van der Waals surface area contributed by atoms with Crippen LogP contribution in [0.1, 0.15) is 35.2 Å². The molecule has 0 radical (unpaired) electrons. The number of carbonyl (C=O) groups excluding carboxylic acids is 1. The number of nitrogens with one attached hydrogen (secondary N) is 1. The minimum Gasteiger partial charge on any atom is -0.340 e. The Balaban J connectivity index is 1.66. The lowest BCUT2D eigenvalue weighted by molar-refractivity contribution is 0.0724. The van der Waals surface area contributed by atoms with Gasteiger partial charge in [0.1, 0.15) is 17.3 Å². The summed E-state index contributed by atoms with van der Waals surface area (Å²) in [5, 5.41) is 0.490. The number of imidazole rings is 1. The molecular formula is C17H14ClFN4O. The maximum Gasteiger partial charge on any atom is 0.273 e. The topological polar surface area (TPSA) is 61.9 Å². The monoisotopic (exact) mass is 344 g/mol. The zero-order valence-electron chi connectivity index (χ0n) is 12.7. The molecule has 1 saturated heterocycles. The van der Waals surface area contributed by atoms with Crippen LogP contribution < -0.4 is 0 Å². The molecular weight excluding hydrogens is 331 g/mol. The number of pyridine rings is 1. The smallest absolute Gasteiger partial charge is 0.273 e. The second kappa shape index (κ2) is 5.87. The van der Waals surface area contributed by atoms with E-state index in [4.69, 9.17) is 11.6 Å². The van der Waals surface area contributed by atoms with E-state index in [1.54, 1.807) is 23.1 Å². The molecule has 3 aromatic rings. The number of halogens is 2. The first-order valence-electron chi connectivity index (χ1n) is 7.69. The van der Waals surface area contributed by atoms with Gasteiger partial charge in [0, 0.05) is 12.7 Å². The van der Waals surface area contributed by atoms with E-state index in [9.17, 15) is 9.18 Å². The number of rotatable bonds is 2. The van der Waals surface area contributed by atoms with Crippen molar-refractivity contribution in [2.75, 3.05) is 6.54 Å². The molecule has 1 N–H and O–H groups in total. The lowest BCUT2D eigenvalue weighted by Gasteiger charge is -2.22. The van der Waals surface area contributed by atoms with Gasteiger partial charge in [-0.15, -0.1) is 0 Å². The van der Waals surface area contributed by atoms with E-state index >= 15 is 0 Å². The van der Waals surface area contributed by atoms with Crippen LogP contribution in [0.2, 0.25) is 5.02 Å². The van der Waals surface area contributed by atoms with E-state index < -0.39 is 0 Å². The number of aromatic amines is 1. The number of hydrogen-bond donors (Lipinski definition) is 1. The normalized spacial score (nSPS) is 17.6. The molecule has 24 heavy (non-hydrogen) atoms. The molecule has 0 saturated carbocycles. The molecule has 1 aromatic carbocycles. The number of benzene rings is 1. The van der Waals surface area contributed by atoms with Gasteiger partial charge in [-0.1, -0.05) is 11.6 Å². The lowest BCUT2D eigenvalue weighted by atomic mass is 10.2. The fourth-order valence-corrected chi connectivity index (χ4v) is 3.21. The molecule has 0 aliphatic carbocycles. The van der Waals surface area contributed by atoms with Crippen molar-refractivity contribution in [3.05, 3.63) is 58.9 Å². The van der Waals surface area contributed by atoms with Gasteiger partial charge < -0.3 is 9.88 Å². The Labute approximate surface area is 142 Å². The molecule has 7 heteroatoms. The molecule has 0 unspecified atom stereocenters. The average molecular weight is 345 g/mol. The highest BCUT2D eigenvalue weighted by atomic mass is 35.5. The lowest BCUT2D eigenvalue weighted by Crippen LogP contribution is -2.31. The number of H-pyrrole nitrogens is 1. The third-order valence-electron chi connectivity index (χ3n) is 4.24. The van der Waals surface area contributed by atoms with Crippen LogP contribution in [0.4, 0.5) is 4.39 Å². The van der Waals surface area contributed by atoms with Crippen molar-refractivity contribution in [3.63, 3.8) is 0 Å². The molecule has 1 aliphatic heterocycles. The molecule has 5 nitrogen and oxygen atoms in total. The summed E-state index contributed by atoms with van der Waals surface area (Å²) in [4.78, 5) is 26.2. The largest absolute Gasteiger partial charge is 0.340 e. The van der Waals surface area contributed by atoms with Gasteiger partial charge in [0.15, 0.2) is 0 Å². The molecule has 0 spiro atoms. The van der Waals surface area contributed by atoms with Crippen molar-refractivity contribution in [2.24, 2.45) is 0 Å². The maximum absolute atomic E-state index is 13.4. The van der Waals surface area contributed by atoms with Crippen LogP contribution in [0.3, 0.4) is 0 Å². The van der Waals surface area contributed by atoms with E-state index in [0.717, 1.165) is 12.8 Å². The second-order valence-corrected chi connectivity index (χ2v) is 6.24. The molecule has 3 heterocycles. The van der Waals surface area contributed by atoms with Crippen LogP contribution in [-0.4, -0.2) is 32.3 Å². The zero-order chi connectivity index (χ0) is 16.7. The first kappa shape index (κ1) is 15.1. The molecule has 122 valence electrons. The fourth-order valence-electron chi connectivity index (χ4n) is 3.10. The highest BCUT2D eigenvalue weighted by Crippen LogP contribution is 2.32. The molecule has 0 bridgehead atoms. The van der Waals surface area contributed by atoms with Gasteiger partial charge in [-0.3, -0.25) is 4.79 Å². The zero-order valence-corrected chi connectivity index (χ0v) is 13.4. The van der Waals surface area contributed by atoms with E-state index in [1.807, 2.05) is 0 Å². The summed E-state index contributed by atoms with van der Waals surface area (Å²) in [6.07, 6.45) is 3.15. The molecule has 4 rings (SSSR count). The van der Waals surface area contributed by atoms with Crippen LogP contribution >= 0.6 is 11.6 Å². The van der Waals surface area contributed by atoms with Gasteiger partial charge in [0.2, 0.25) is 0 Å². The van der Waals surface area contributed by atoms with Crippen molar-refractivity contribution in [2.45, 2.75) is 18.9 Å². The van der Waals surface area contributed by atoms with Gasteiger partial charge in [-0.2, -0.15) is 0 Å². The number of nitrogens with zero attached hydrogens (tertiary/aromatic N) is 3. The number of amides is 1. The molecule has 1 amide bonds. The summed E-state index contributed by atoms with van der Waals surface area (Å²) >= 11 is 5.83. The third kappa shape index (κ3) is 2.63. The van der Waals surface area contributed by atoms with Crippen LogP contribution in [0.25, 0.3) is 11.0 Å². The van der Waals surface area contributed by atoms with Crippen molar-refractivity contribution < 1.29 is 9.18 Å². The van der Waals surface area contributed by atoms with Gasteiger partial charge >= 0.3 is 0 Å². The van der Waals surface area contributed by atoms with Crippen LogP contribution in [0, 0.1) is 5.82 Å². The van der Waals surface area contributed by atoms with E-state index in [2.05, 4.69) is 15.0 Å². The van der Waals surface area contributed by atoms with E-state index in [0.29, 0.717) is 34.1 Å². The number of hydrogen-bond acceptors (Lipinski definition) is 3. The van der Waals surface area contributed by atoms with E-state index in [1.165, 1.54) is 18.3 Å². The van der Waals surface area contributed by atoms with Crippen LogP contribution in [0.15, 0.2) is 36.5 Å². The highest BCUT2D eigenvalue weighted by Gasteiger charge is 2.33.